The molecule has 1 unspecified atom stereocenters. The lowest BCUT2D eigenvalue weighted by Gasteiger charge is -2.40. The van der Waals surface area contributed by atoms with Crippen LogP contribution in [0.1, 0.15) is 46.5 Å². The summed E-state index contributed by atoms with van der Waals surface area (Å²) in [6.45, 7) is 8.01. The molecule has 2 aliphatic heterocycles. The SMILES string of the molecule is CCN(CC)c1cccc2c1C1(OC(=O)c3c1c(Nc1ccccc1)c(C)c1ccccc31)c1ccccc1O2. The Labute approximate surface area is 234 Å². The summed E-state index contributed by atoms with van der Waals surface area (Å²) in [6, 6.07) is 32.2. The first-order valence-corrected chi connectivity index (χ1v) is 13.9. The lowest BCUT2D eigenvalue weighted by Crippen LogP contribution is -2.36. The Balaban J connectivity index is 1.66. The molecule has 0 aliphatic carbocycles. The molecule has 5 aromatic carbocycles. The van der Waals surface area contributed by atoms with Gasteiger partial charge in [0.1, 0.15) is 11.5 Å². The highest BCUT2D eigenvalue weighted by molar-refractivity contribution is 6.13. The van der Waals surface area contributed by atoms with Crippen molar-refractivity contribution in [3.05, 3.63) is 125 Å². The highest BCUT2D eigenvalue weighted by Crippen LogP contribution is 2.61. The molecule has 5 nitrogen and oxygen atoms in total. The molecular formula is C35H30N2O3. The van der Waals surface area contributed by atoms with Gasteiger partial charge in [-0.1, -0.05) is 66.7 Å². The molecule has 2 aliphatic rings. The lowest BCUT2D eigenvalue weighted by molar-refractivity contribution is 0.0228. The molecule has 2 heterocycles. The van der Waals surface area contributed by atoms with Gasteiger partial charge >= 0.3 is 5.97 Å². The third-order valence-corrected chi connectivity index (χ3v) is 8.27. The van der Waals surface area contributed by atoms with E-state index in [0.717, 1.165) is 63.2 Å². The van der Waals surface area contributed by atoms with E-state index >= 15 is 0 Å². The summed E-state index contributed by atoms with van der Waals surface area (Å²) in [4.78, 5) is 16.5. The number of anilines is 3. The van der Waals surface area contributed by atoms with Gasteiger partial charge in [-0.25, -0.2) is 4.79 Å². The highest BCUT2D eigenvalue weighted by atomic mass is 16.6. The van der Waals surface area contributed by atoms with Crippen LogP contribution in [0.15, 0.2) is 97.1 Å². The molecule has 1 N–H and O–H groups in total. The Morgan fingerprint density at radius 3 is 2.20 bits per heavy atom. The summed E-state index contributed by atoms with van der Waals surface area (Å²) in [6.07, 6.45) is 0. The highest BCUT2D eigenvalue weighted by Gasteiger charge is 2.57. The first-order valence-electron chi connectivity index (χ1n) is 13.9. The fourth-order valence-electron chi connectivity index (χ4n) is 6.49. The molecule has 0 radical (unpaired) electrons. The maximum absolute atomic E-state index is 14.2. The van der Waals surface area contributed by atoms with Crippen LogP contribution >= 0.6 is 0 Å². The Kier molecular flexibility index (Phi) is 5.56. The number of carbonyl (C=O) groups is 1. The van der Waals surface area contributed by atoms with Gasteiger partial charge in [-0.15, -0.1) is 0 Å². The number of aryl methyl sites for hydroxylation is 1. The molecule has 0 fully saturated rings. The number of nitrogens with one attached hydrogen (secondary N) is 1. The Morgan fingerprint density at radius 1 is 0.750 bits per heavy atom. The summed E-state index contributed by atoms with van der Waals surface area (Å²) in [5.74, 6) is 1.04. The molecule has 5 heteroatoms. The summed E-state index contributed by atoms with van der Waals surface area (Å²) >= 11 is 0. The maximum atomic E-state index is 14.2. The number of nitrogens with zero attached hydrogens (tertiary/aromatic N) is 1. The first-order chi connectivity index (χ1) is 19.6. The smallest absolute Gasteiger partial charge is 0.340 e. The zero-order chi connectivity index (χ0) is 27.4. The Morgan fingerprint density at radius 2 is 1.43 bits per heavy atom. The van der Waals surface area contributed by atoms with Crippen LogP contribution in [0.5, 0.6) is 11.5 Å². The number of hydrogen-bond donors (Lipinski definition) is 1. The number of benzene rings is 5. The van der Waals surface area contributed by atoms with Gasteiger partial charge in [0.25, 0.3) is 0 Å². The maximum Gasteiger partial charge on any atom is 0.340 e. The number of esters is 1. The number of rotatable bonds is 5. The number of hydrogen-bond acceptors (Lipinski definition) is 5. The molecule has 7 rings (SSSR count). The van der Waals surface area contributed by atoms with Crippen LogP contribution in [0, 0.1) is 6.92 Å². The van der Waals surface area contributed by atoms with Crippen molar-refractivity contribution in [1.29, 1.82) is 0 Å². The van der Waals surface area contributed by atoms with Crippen LogP contribution in [0.3, 0.4) is 0 Å². The van der Waals surface area contributed by atoms with Gasteiger partial charge in [-0.3, -0.25) is 0 Å². The monoisotopic (exact) mass is 526 g/mol. The van der Waals surface area contributed by atoms with Gasteiger partial charge in [0.2, 0.25) is 0 Å². The number of ether oxygens (including phenoxy) is 2. The third kappa shape index (κ3) is 3.30. The topological polar surface area (TPSA) is 50.8 Å². The predicted octanol–water partition coefficient (Wildman–Crippen LogP) is 8.31. The lowest BCUT2D eigenvalue weighted by atomic mass is 9.74. The van der Waals surface area contributed by atoms with E-state index in [4.69, 9.17) is 9.47 Å². The number of para-hydroxylation sites is 2. The average molecular weight is 527 g/mol. The van der Waals surface area contributed by atoms with E-state index in [-0.39, 0.29) is 5.97 Å². The predicted molar refractivity (Wildman–Crippen MR) is 160 cm³/mol. The number of fused-ring (bicyclic) bond motifs is 8. The fourth-order valence-corrected chi connectivity index (χ4v) is 6.49. The minimum absolute atomic E-state index is 0.334. The van der Waals surface area contributed by atoms with E-state index < -0.39 is 5.60 Å². The summed E-state index contributed by atoms with van der Waals surface area (Å²) < 4.78 is 13.3. The van der Waals surface area contributed by atoms with Crippen LogP contribution in [0.4, 0.5) is 17.1 Å². The van der Waals surface area contributed by atoms with Crippen molar-refractivity contribution in [3.8, 4) is 11.5 Å². The molecule has 198 valence electrons. The molecule has 1 atom stereocenters. The van der Waals surface area contributed by atoms with Crippen molar-refractivity contribution < 1.29 is 14.3 Å². The van der Waals surface area contributed by atoms with Gasteiger partial charge in [0, 0.05) is 35.6 Å². The molecule has 0 amide bonds. The molecule has 0 bridgehead atoms. The second kappa shape index (κ2) is 9.16. The van der Waals surface area contributed by atoms with Crippen molar-refractivity contribution in [1.82, 2.24) is 0 Å². The molecule has 5 aromatic rings. The molecule has 0 saturated heterocycles. The zero-order valence-electron chi connectivity index (χ0n) is 22.8. The molecular weight excluding hydrogens is 496 g/mol. The summed E-state index contributed by atoms with van der Waals surface area (Å²) in [5, 5.41) is 5.62. The van der Waals surface area contributed by atoms with Gasteiger partial charge in [0.15, 0.2) is 5.60 Å². The van der Waals surface area contributed by atoms with E-state index in [1.54, 1.807) is 0 Å². The minimum atomic E-state index is -1.21. The van der Waals surface area contributed by atoms with E-state index in [1.165, 1.54) is 0 Å². The van der Waals surface area contributed by atoms with Crippen LogP contribution in [-0.4, -0.2) is 19.1 Å². The fraction of sp³-hybridized carbons (Fsp3) is 0.171. The number of carbonyl (C=O) groups excluding carboxylic acids is 1. The molecule has 0 aromatic heterocycles. The van der Waals surface area contributed by atoms with Gasteiger partial charge < -0.3 is 19.7 Å². The zero-order valence-corrected chi connectivity index (χ0v) is 22.8. The largest absolute Gasteiger partial charge is 0.456 e. The second-order valence-electron chi connectivity index (χ2n) is 10.3. The first kappa shape index (κ1) is 24.3. The van der Waals surface area contributed by atoms with Crippen molar-refractivity contribution in [3.63, 3.8) is 0 Å². The van der Waals surface area contributed by atoms with Crippen molar-refractivity contribution in [2.75, 3.05) is 23.3 Å². The molecule has 40 heavy (non-hydrogen) atoms. The molecule has 1 spiro atoms. The van der Waals surface area contributed by atoms with Crippen LogP contribution in [0.25, 0.3) is 10.8 Å². The van der Waals surface area contributed by atoms with Crippen molar-refractivity contribution >= 4 is 33.8 Å². The van der Waals surface area contributed by atoms with Crippen molar-refractivity contribution in [2.24, 2.45) is 0 Å². The summed E-state index contributed by atoms with van der Waals surface area (Å²) in [7, 11) is 0. The normalized spacial score (nSPS) is 16.6. The minimum Gasteiger partial charge on any atom is -0.456 e. The third-order valence-electron chi connectivity index (χ3n) is 8.27. The van der Waals surface area contributed by atoms with Gasteiger partial charge in [0.05, 0.1) is 16.8 Å². The van der Waals surface area contributed by atoms with Crippen LogP contribution in [-0.2, 0) is 10.3 Å². The quantitative estimate of drug-likeness (QED) is 0.233. The van der Waals surface area contributed by atoms with Crippen molar-refractivity contribution in [2.45, 2.75) is 26.4 Å². The van der Waals surface area contributed by atoms with Crippen LogP contribution < -0.4 is 15.0 Å². The van der Waals surface area contributed by atoms with E-state index in [2.05, 4.69) is 43.1 Å². The second-order valence-corrected chi connectivity index (χ2v) is 10.3. The summed E-state index contributed by atoms with van der Waals surface area (Å²) in [5.41, 5.74) is 5.76. The van der Waals surface area contributed by atoms with Gasteiger partial charge in [-0.2, -0.15) is 0 Å². The molecule has 0 saturated carbocycles. The van der Waals surface area contributed by atoms with Gasteiger partial charge in [-0.05, 0) is 67.4 Å². The Hall–Kier alpha value is -4.77. The van der Waals surface area contributed by atoms with E-state index in [0.29, 0.717) is 17.1 Å². The van der Waals surface area contributed by atoms with Crippen LogP contribution in [0.2, 0.25) is 0 Å². The Bertz CT molecular complexity index is 1790. The van der Waals surface area contributed by atoms with E-state index in [9.17, 15) is 4.79 Å². The average Bonchev–Trinajstić information content (AvgIpc) is 3.29. The van der Waals surface area contributed by atoms with E-state index in [1.807, 2.05) is 84.9 Å². The standard InChI is InChI=1S/C35H30N2O3/c1-4-37(5-2)27-19-13-21-29-31(27)35(26-18-11-12-20-28(26)39-29)32-30(34(38)40-35)25-17-10-9-16-24(25)22(3)33(32)36-23-14-7-6-8-15-23/h6-21,36H,4-5H2,1-3H3.